The quantitative estimate of drug-likeness (QED) is 0.700. The average molecular weight is 387 g/mol. The molecule has 0 radical (unpaired) electrons. The minimum Gasteiger partial charge on any atom is -0.318 e. The van der Waals surface area contributed by atoms with Crippen LogP contribution in [0.4, 0.5) is 14.5 Å². The molecule has 4 rings (SSSR count). The molecule has 146 valence electrons. The van der Waals surface area contributed by atoms with Crippen LogP contribution < -0.4 is 10.6 Å². The van der Waals surface area contributed by atoms with Crippen LogP contribution in [-0.4, -0.2) is 43.3 Å². The molecule has 1 aromatic carbocycles. The first-order chi connectivity index (χ1) is 13.5. The zero-order chi connectivity index (χ0) is 19.7. The lowest BCUT2D eigenvalue weighted by Gasteiger charge is -2.08. The third-order valence-corrected chi connectivity index (χ3v) is 4.74. The monoisotopic (exact) mass is 387 g/mol. The summed E-state index contributed by atoms with van der Waals surface area (Å²) in [5.41, 5.74) is 1.18. The van der Waals surface area contributed by atoms with Crippen molar-refractivity contribution < 1.29 is 13.6 Å². The van der Waals surface area contributed by atoms with E-state index in [9.17, 15) is 13.6 Å². The lowest BCUT2D eigenvalue weighted by Crippen LogP contribution is -2.26. The van der Waals surface area contributed by atoms with Crippen LogP contribution in [0.3, 0.4) is 0 Å². The van der Waals surface area contributed by atoms with E-state index in [1.54, 1.807) is 17.8 Å². The predicted octanol–water partition coefficient (Wildman–Crippen LogP) is 2.05. The first kappa shape index (κ1) is 18.2. The average Bonchev–Trinajstić information content (AvgIpc) is 3.40. The molecule has 2 aromatic heterocycles. The predicted molar refractivity (Wildman–Crippen MR) is 97.2 cm³/mol. The Balaban J connectivity index is 1.48. The second kappa shape index (κ2) is 7.47. The summed E-state index contributed by atoms with van der Waals surface area (Å²) >= 11 is 0. The van der Waals surface area contributed by atoms with E-state index in [-0.39, 0.29) is 11.4 Å². The lowest BCUT2D eigenvalue weighted by atomic mass is 10.2. The van der Waals surface area contributed by atoms with Gasteiger partial charge < -0.3 is 10.6 Å². The molecule has 1 fully saturated rings. The SMILES string of the molecule is Cc1c(NC(=O)c2cn(C[C@@H]3CCCN3)nn2)cnn1-c1ccc(F)cc1F. The first-order valence-electron chi connectivity index (χ1n) is 8.96. The van der Waals surface area contributed by atoms with Gasteiger partial charge in [0.05, 0.1) is 30.3 Å². The van der Waals surface area contributed by atoms with Crippen molar-refractivity contribution in [1.82, 2.24) is 30.1 Å². The third kappa shape index (κ3) is 3.63. The van der Waals surface area contributed by atoms with Crippen molar-refractivity contribution in [3.8, 4) is 5.69 Å². The topological polar surface area (TPSA) is 89.7 Å². The lowest BCUT2D eigenvalue weighted by molar-refractivity contribution is 0.102. The van der Waals surface area contributed by atoms with E-state index in [4.69, 9.17) is 0 Å². The second-order valence-electron chi connectivity index (χ2n) is 6.72. The van der Waals surface area contributed by atoms with Gasteiger partial charge in [0.25, 0.3) is 5.91 Å². The van der Waals surface area contributed by atoms with Gasteiger partial charge >= 0.3 is 0 Å². The maximum Gasteiger partial charge on any atom is 0.277 e. The van der Waals surface area contributed by atoms with Crippen molar-refractivity contribution in [3.63, 3.8) is 0 Å². The molecule has 2 N–H and O–H groups in total. The van der Waals surface area contributed by atoms with Gasteiger partial charge in [-0.05, 0) is 38.4 Å². The molecule has 0 aliphatic carbocycles. The summed E-state index contributed by atoms with van der Waals surface area (Å²) in [5.74, 6) is -1.85. The molecule has 1 aliphatic rings. The fourth-order valence-electron chi connectivity index (χ4n) is 3.24. The van der Waals surface area contributed by atoms with Crippen LogP contribution in [0.25, 0.3) is 5.69 Å². The van der Waals surface area contributed by atoms with Crippen LogP contribution in [0, 0.1) is 18.6 Å². The highest BCUT2D eigenvalue weighted by atomic mass is 19.1. The summed E-state index contributed by atoms with van der Waals surface area (Å²) < 4.78 is 30.1. The van der Waals surface area contributed by atoms with Gasteiger partial charge in [-0.2, -0.15) is 5.10 Å². The van der Waals surface area contributed by atoms with Crippen LogP contribution >= 0.6 is 0 Å². The largest absolute Gasteiger partial charge is 0.318 e. The molecule has 0 saturated carbocycles. The number of nitrogens with one attached hydrogen (secondary N) is 2. The van der Waals surface area contributed by atoms with E-state index in [0.29, 0.717) is 24.0 Å². The van der Waals surface area contributed by atoms with Gasteiger partial charge in [-0.1, -0.05) is 5.21 Å². The van der Waals surface area contributed by atoms with Crippen molar-refractivity contribution in [2.75, 3.05) is 11.9 Å². The molecule has 8 nitrogen and oxygen atoms in total. The Bertz CT molecular complexity index is 1010. The Kier molecular flexibility index (Phi) is 4.86. The number of rotatable bonds is 5. The number of amides is 1. The van der Waals surface area contributed by atoms with Gasteiger partial charge in [-0.3, -0.25) is 9.48 Å². The van der Waals surface area contributed by atoms with E-state index >= 15 is 0 Å². The van der Waals surface area contributed by atoms with Gasteiger partial charge in [0.2, 0.25) is 0 Å². The molecular formula is C18H19F2N7O. The molecule has 1 aliphatic heterocycles. The van der Waals surface area contributed by atoms with E-state index < -0.39 is 17.5 Å². The minimum atomic E-state index is -0.743. The Morgan fingerprint density at radius 2 is 2.25 bits per heavy atom. The van der Waals surface area contributed by atoms with Gasteiger partial charge in [-0.15, -0.1) is 5.10 Å². The van der Waals surface area contributed by atoms with Crippen LogP contribution in [0.1, 0.15) is 29.0 Å². The van der Waals surface area contributed by atoms with Gasteiger partial charge in [-0.25, -0.2) is 13.5 Å². The van der Waals surface area contributed by atoms with Crippen molar-refractivity contribution in [2.24, 2.45) is 0 Å². The summed E-state index contributed by atoms with van der Waals surface area (Å²) in [6.45, 7) is 3.32. The summed E-state index contributed by atoms with van der Waals surface area (Å²) in [6.07, 6.45) is 5.20. The number of benzene rings is 1. The Morgan fingerprint density at radius 3 is 3.00 bits per heavy atom. The maximum atomic E-state index is 14.0. The molecule has 28 heavy (non-hydrogen) atoms. The van der Waals surface area contributed by atoms with Crippen LogP contribution in [-0.2, 0) is 6.54 Å². The summed E-state index contributed by atoms with van der Waals surface area (Å²) in [4.78, 5) is 12.5. The summed E-state index contributed by atoms with van der Waals surface area (Å²) in [7, 11) is 0. The maximum absolute atomic E-state index is 14.0. The standard InChI is InChI=1S/C18H19F2N7O/c1-11-15(8-22-27(11)17-5-4-12(19)7-14(17)20)23-18(28)16-10-26(25-24-16)9-13-3-2-6-21-13/h4-5,7-8,10,13,21H,2-3,6,9H2,1H3,(H,23,28)/t13-/m0/s1. The molecule has 3 heterocycles. The molecule has 0 spiro atoms. The zero-order valence-electron chi connectivity index (χ0n) is 15.2. The number of aromatic nitrogens is 5. The molecule has 3 aromatic rings. The van der Waals surface area contributed by atoms with Crippen molar-refractivity contribution in [3.05, 3.63) is 53.6 Å². The third-order valence-electron chi connectivity index (χ3n) is 4.74. The number of carbonyl (C=O) groups is 1. The van der Waals surface area contributed by atoms with E-state index in [2.05, 4.69) is 26.0 Å². The Hall–Kier alpha value is -3.14. The fourth-order valence-corrected chi connectivity index (χ4v) is 3.24. The number of hydrogen-bond acceptors (Lipinski definition) is 5. The van der Waals surface area contributed by atoms with Crippen LogP contribution in [0.15, 0.2) is 30.6 Å². The highest BCUT2D eigenvalue weighted by Gasteiger charge is 2.19. The molecular weight excluding hydrogens is 368 g/mol. The molecule has 1 atom stereocenters. The molecule has 0 unspecified atom stereocenters. The van der Waals surface area contributed by atoms with Gasteiger partial charge in [0, 0.05) is 12.1 Å². The number of halogens is 2. The van der Waals surface area contributed by atoms with Crippen LogP contribution in [0.5, 0.6) is 0 Å². The highest BCUT2D eigenvalue weighted by molar-refractivity contribution is 6.02. The van der Waals surface area contributed by atoms with Gasteiger partial charge in [0.15, 0.2) is 11.5 Å². The smallest absolute Gasteiger partial charge is 0.277 e. The number of carbonyl (C=O) groups excluding carboxylic acids is 1. The first-order valence-corrected chi connectivity index (χ1v) is 8.96. The molecule has 1 amide bonds. The van der Waals surface area contributed by atoms with Crippen LogP contribution in [0.2, 0.25) is 0 Å². The number of hydrogen-bond donors (Lipinski definition) is 2. The molecule has 10 heteroatoms. The number of nitrogens with zero attached hydrogens (tertiary/aromatic N) is 5. The van der Waals surface area contributed by atoms with Crippen molar-refractivity contribution >= 4 is 11.6 Å². The summed E-state index contributed by atoms with van der Waals surface area (Å²) in [6, 6.07) is 3.56. The fraction of sp³-hybridized carbons (Fsp3) is 0.333. The van der Waals surface area contributed by atoms with Crippen molar-refractivity contribution in [1.29, 1.82) is 0 Å². The van der Waals surface area contributed by atoms with E-state index in [1.807, 2.05) is 0 Å². The number of anilines is 1. The second-order valence-corrected chi connectivity index (χ2v) is 6.72. The molecule has 1 saturated heterocycles. The Morgan fingerprint density at radius 1 is 1.39 bits per heavy atom. The normalized spacial score (nSPS) is 16.5. The van der Waals surface area contributed by atoms with Gasteiger partial charge in [0.1, 0.15) is 11.5 Å². The summed E-state index contributed by atoms with van der Waals surface area (Å²) in [5, 5.41) is 18.1. The highest BCUT2D eigenvalue weighted by Crippen LogP contribution is 2.21. The zero-order valence-corrected chi connectivity index (χ0v) is 15.2. The van der Waals surface area contributed by atoms with Crippen molar-refractivity contribution in [2.45, 2.75) is 32.4 Å². The Labute approximate surface area is 159 Å². The van der Waals surface area contributed by atoms with E-state index in [1.165, 1.54) is 16.9 Å². The minimum absolute atomic E-state index is 0.0920. The van der Waals surface area contributed by atoms with E-state index in [0.717, 1.165) is 31.5 Å². The molecule has 0 bridgehead atoms.